The molecule has 0 saturated carbocycles. The van der Waals surface area contributed by atoms with Gasteiger partial charge in [-0.15, -0.1) is 0 Å². The summed E-state index contributed by atoms with van der Waals surface area (Å²) < 4.78 is 27.9. The Morgan fingerprint density at radius 2 is 1.43 bits per heavy atom. The fraction of sp³-hybridized carbons (Fsp3) is 0.0909. The van der Waals surface area contributed by atoms with Gasteiger partial charge in [0.25, 0.3) is 0 Å². The highest BCUT2D eigenvalue weighted by Gasteiger charge is 2.27. The molecule has 0 saturated heterocycles. The molecule has 0 atom stereocenters. The van der Waals surface area contributed by atoms with Crippen LogP contribution in [0.5, 0.6) is 11.5 Å². The largest absolute Gasteiger partial charge is 0.529 e. The summed E-state index contributed by atoms with van der Waals surface area (Å²) in [5.74, 6) is 0.397. The average Bonchev–Trinajstić information content (AvgIpc) is 2.74. The van der Waals surface area contributed by atoms with Gasteiger partial charge in [0.05, 0.1) is 0 Å². The Labute approximate surface area is 162 Å². The van der Waals surface area contributed by atoms with E-state index in [-0.39, 0.29) is 5.75 Å². The number of hydrogen-bond donors (Lipinski definition) is 1. The number of phenols is 1. The molecule has 142 valence electrons. The summed E-state index contributed by atoms with van der Waals surface area (Å²) in [6, 6.07) is 22.7. The zero-order valence-corrected chi connectivity index (χ0v) is 16.4. The fourth-order valence-corrected chi connectivity index (χ4v) is 4.08. The molecule has 28 heavy (non-hydrogen) atoms. The molecule has 5 nitrogen and oxygen atoms in total. The van der Waals surface area contributed by atoms with Crippen molar-refractivity contribution < 1.29 is 23.2 Å². The van der Waals surface area contributed by atoms with Crippen LogP contribution in [0.15, 0.2) is 72.8 Å². The zero-order chi connectivity index (χ0) is 19.7. The highest BCUT2D eigenvalue weighted by atomic mass is 31.2. The van der Waals surface area contributed by atoms with E-state index in [0.29, 0.717) is 16.9 Å². The molecular weight excluding hydrogens is 375 g/mol. The Morgan fingerprint density at radius 3 is 2.21 bits per heavy atom. The maximum atomic E-state index is 12.5. The summed E-state index contributed by atoms with van der Waals surface area (Å²) >= 11 is 0. The van der Waals surface area contributed by atoms with Gasteiger partial charge in [0.1, 0.15) is 11.5 Å². The first-order valence-corrected chi connectivity index (χ1v) is 10.2. The Morgan fingerprint density at radius 1 is 0.750 bits per heavy atom. The predicted octanol–water partition coefficient (Wildman–Crippen LogP) is 6.15. The third-order valence-electron chi connectivity index (χ3n) is 4.72. The van der Waals surface area contributed by atoms with E-state index in [1.165, 1.54) is 14.2 Å². The lowest BCUT2D eigenvalue weighted by molar-refractivity contribution is 0.211. The molecule has 0 spiro atoms. The molecule has 0 amide bonds. The second-order valence-electron chi connectivity index (χ2n) is 6.24. The number of phenolic OH excluding ortho intramolecular Hbond substituents is 1. The molecular formula is C22H19O5P. The van der Waals surface area contributed by atoms with Gasteiger partial charge in [-0.2, -0.15) is 0 Å². The van der Waals surface area contributed by atoms with Gasteiger partial charge in [0.15, 0.2) is 0 Å². The number of rotatable bonds is 5. The van der Waals surface area contributed by atoms with Crippen molar-refractivity contribution in [1.82, 2.24) is 0 Å². The molecule has 6 heteroatoms. The van der Waals surface area contributed by atoms with Gasteiger partial charge in [-0.05, 0) is 33.7 Å². The monoisotopic (exact) mass is 394 g/mol. The second-order valence-corrected chi connectivity index (χ2v) is 8.05. The van der Waals surface area contributed by atoms with Gasteiger partial charge in [-0.25, -0.2) is 4.57 Å². The summed E-state index contributed by atoms with van der Waals surface area (Å²) in [6.07, 6.45) is 0. The van der Waals surface area contributed by atoms with E-state index in [4.69, 9.17) is 13.6 Å². The second kappa shape index (κ2) is 7.28. The first kappa shape index (κ1) is 18.5. The van der Waals surface area contributed by atoms with Gasteiger partial charge < -0.3 is 9.63 Å². The maximum Gasteiger partial charge on any atom is 0.529 e. The lowest BCUT2D eigenvalue weighted by Gasteiger charge is -2.18. The minimum absolute atomic E-state index is 0.100. The molecule has 4 rings (SSSR count). The standard InChI is InChI=1S/C22H19O5P/c1-25-28(24,26-2)27-21-10-6-5-9-19(21)22-18-12-11-15-7-3-4-8-16(15)17(18)13-14-20(22)23/h3-14,23H,1-2H3. The Hall–Kier alpha value is -2.85. The number of fused-ring (bicyclic) bond motifs is 3. The number of hydrogen-bond acceptors (Lipinski definition) is 5. The molecule has 0 aromatic heterocycles. The molecule has 0 heterocycles. The molecule has 0 unspecified atom stereocenters. The molecule has 0 aliphatic rings. The smallest absolute Gasteiger partial charge is 0.507 e. The normalized spacial score (nSPS) is 11.8. The van der Waals surface area contributed by atoms with Gasteiger partial charge >= 0.3 is 7.82 Å². The minimum atomic E-state index is -3.75. The van der Waals surface area contributed by atoms with Crippen LogP contribution in [-0.4, -0.2) is 19.3 Å². The van der Waals surface area contributed by atoms with Crippen LogP contribution in [0.25, 0.3) is 32.7 Å². The van der Waals surface area contributed by atoms with Crippen LogP contribution in [0.1, 0.15) is 0 Å². The van der Waals surface area contributed by atoms with E-state index in [2.05, 4.69) is 0 Å². The third-order valence-corrected chi connectivity index (χ3v) is 6.03. The molecule has 0 bridgehead atoms. The third kappa shape index (κ3) is 3.14. The Bertz CT molecular complexity index is 1210. The number of aromatic hydroxyl groups is 1. The average molecular weight is 394 g/mol. The van der Waals surface area contributed by atoms with Crippen LogP contribution < -0.4 is 4.52 Å². The van der Waals surface area contributed by atoms with E-state index < -0.39 is 7.82 Å². The van der Waals surface area contributed by atoms with Gasteiger partial charge in [-0.1, -0.05) is 60.7 Å². The van der Waals surface area contributed by atoms with Crippen LogP contribution in [0, 0.1) is 0 Å². The van der Waals surface area contributed by atoms with Crippen molar-refractivity contribution in [1.29, 1.82) is 0 Å². The summed E-state index contributed by atoms with van der Waals surface area (Å²) in [7, 11) is -1.23. The lowest BCUT2D eigenvalue weighted by atomic mass is 9.93. The quantitative estimate of drug-likeness (QED) is 0.325. The molecule has 1 N–H and O–H groups in total. The SMILES string of the molecule is COP(=O)(OC)Oc1ccccc1-c1c(O)ccc2c1ccc1ccccc12. The fourth-order valence-electron chi connectivity index (χ4n) is 3.38. The van der Waals surface area contributed by atoms with Crippen LogP contribution in [0.2, 0.25) is 0 Å². The van der Waals surface area contributed by atoms with Crippen molar-refractivity contribution in [3.63, 3.8) is 0 Å². The molecule has 0 fully saturated rings. The number of phosphoric ester groups is 1. The predicted molar refractivity (Wildman–Crippen MR) is 111 cm³/mol. The van der Waals surface area contributed by atoms with Crippen LogP contribution in [-0.2, 0) is 13.6 Å². The van der Waals surface area contributed by atoms with Crippen LogP contribution >= 0.6 is 7.82 Å². The minimum Gasteiger partial charge on any atom is -0.507 e. The highest BCUT2D eigenvalue weighted by Crippen LogP contribution is 2.51. The first-order valence-electron chi connectivity index (χ1n) is 8.70. The van der Waals surface area contributed by atoms with Crippen molar-refractivity contribution in [2.24, 2.45) is 0 Å². The van der Waals surface area contributed by atoms with Gasteiger partial charge in [-0.3, -0.25) is 9.05 Å². The highest BCUT2D eigenvalue weighted by molar-refractivity contribution is 7.48. The Kier molecular flexibility index (Phi) is 4.82. The van der Waals surface area contributed by atoms with E-state index >= 15 is 0 Å². The number of para-hydroxylation sites is 1. The number of benzene rings is 4. The number of phosphoric acid groups is 1. The van der Waals surface area contributed by atoms with E-state index in [1.54, 1.807) is 24.3 Å². The molecule has 0 radical (unpaired) electrons. The summed E-state index contributed by atoms with van der Waals surface area (Å²) in [4.78, 5) is 0. The summed E-state index contributed by atoms with van der Waals surface area (Å²) in [5, 5.41) is 14.7. The first-order chi connectivity index (χ1) is 13.6. The molecule has 4 aromatic rings. The van der Waals surface area contributed by atoms with Crippen molar-refractivity contribution in [2.45, 2.75) is 0 Å². The van der Waals surface area contributed by atoms with Crippen molar-refractivity contribution in [3.8, 4) is 22.6 Å². The molecule has 0 aliphatic carbocycles. The van der Waals surface area contributed by atoms with Crippen LogP contribution in [0.3, 0.4) is 0 Å². The van der Waals surface area contributed by atoms with Gasteiger partial charge in [0.2, 0.25) is 0 Å². The lowest BCUT2D eigenvalue weighted by Crippen LogP contribution is -1.98. The maximum absolute atomic E-state index is 12.5. The molecule has 4 aromatic carbocycles. The van der Waals surface area contributed by atoms with E-state index in [1.807, 2.05) is 48.5 Å². The zero-order valence-electron chi connectivity index (χ0n) is 15.5. The summed E-state index contributed by atoms with van der Waals surface area (Å²) in [5.41, 5.74) is 1.19. The van der Waals surface area contributed by atoms with Crippen molar-refractivity contribution in [2.75, 3.05) is 14.2 Å². The molecule has 0 aliphatic heterocycles. The van der Waals surface area contributed by atoms with E-state index in [0.717, 1.165) is 21.5 Å². The van der Waals surface area contributed by atoms with Crippen molar-refractivity contribution >= 4 is 29.4 Å². The Balaban J connectivity index is 1.99. The van der Waals surface area contributed by atoms with Gasteiger partial charge in [0, 0.05) is 25.3 Å². The topological polar surface area (TPSA) is 65.0 Å². The van der Waals surface area contributed by atoms with Crippen LogP contribution in [0.4, 0.5) is 0 Å². The summed E-state index contributed by atoms with van der Waals surface area (Å²) in [6.45, 7) is 0. The van der Waals surface area contributed by atoms with Crippen molar-refractivity contribution in [3.05, 3.63) is 72.8 Å². The van der Waals surface area contributed by atoms with E-state index in [9.17, 15) is 9.67 Å².